The highest BCUT2D eigenvalue weighted by molar-refractivity contribution is 6.05. The van der Waals surface area contributed by atoms with Crippen LogP contribution in [0.25, 0.3) is 5.82 Å². The number of aromatic nitrogens is 3. The third-order valence-electron chi connectivity index (χ3n) is 4.14. The molecule has 0 aliphatic carbocycles. The lowest BCUT2D eigenvalue weighted by molar-refractivity contribution is -0.131. The van der Waals surface area contributed by atoms with Crippen LogP contribution in [0.15, 0.2) is 37.1 Å². The molecular formula is C16H18N6O3. The molecule has 3 rings (SSSR count). The van der Waals surface area contributed by atoms with Crippen molar-refractivity contribution in [1.29, 1.82) is 0 Å². The van der Waals surface area contributed by atoms with Crippen LogP contribution in [0.3, 0.4) is 0 Å². The molecule has 1 atom stereocenters. The summed E-state index contributed by atoms with van der Waals surface area (Å²) in [5, 5.41) is 2.78. The van der Waals surface area contributed by atoms with Crippen LogP contribution in [0, 0.1) is 0 Å². The second kappa shape index (κ2) is 6.71. The van der Waals surface area contributed by atoms with E-state index >= 15 is 0 Å². The van der Waals surface area contributed by atoms with Gasteiger partial charge in [0.15, 0.2) is 0 Å². The molecule has 0 saturated carbocycles. The van der Waals surface area contributed by atoms with Gasteiger partial charge in [0.2, 0.25) is 5.91 Å². The zero-order chi connectivity index (χ0) is 18.0. The van der Waals surface area contributed by atoms with E-state index in [-0.39, 0.29) is 24.8 Å². The number of imide groups is 1. The molecule has 1 saturated heterocycles. The van der Waals surface area contributed by atoms with Crippen molar-refractivity contribution in [2.45, 2.75) is 19.0 Å². The van der Waals surface area contributed by atoms with Gasteiger partial charge in [0.05, 0.1) is 6.42 Å². The van der Waals surface area contributed by atoms with E-state index in [1.165, 1.54) is 19.0 Å². The van der Waals surface area contributed by atoms with E-state index < -0.39 is 12.1 Å². The van der Waals surface area contributed by atoms with Gasteiger partial charge < -0.3 is 10.2 Å². The maximum Gasteiger partial charge on any atom is 0.326 e. The predicted octanol–water partition coefficient (Wildman–Crippen LogP) is 0.166. The fourth-order valence-corrected chi connectivity index (χ4v) is 2.70. The van der Waals surface area contributed by atoms with Gasteiger partial charge >= 0.3 is 6.03 Å². The summed E-state index contributed by atoms with van der Waals surface area (Å²) in [7, 11) is 2.92. The minimum Gasteiger partial charge on any atom is -0.352 e. The van der Waals surface area contributed by atoms with Crippen molar-refractivity contribution in [3.63, 3.8) is 0 Å². The van der Waals surface area contributed by atoms with Crippen LogP contribution in [-0.2, 0) is 16.1 Å². The maximum absolute atomic E-state index is 12.2. The summed E-state index contributed by atoms with van der Waals surface area (Å²) in [6.07, 6.45) is 6.62. The van der Waals surface area contributed by atoms with Crippen LogP contribution in [0.2, 0.25) is 0 Å². The molecule has 130 valence electrons. The molecule has 3 heterocycles. The first-order chi connectivity index (χ1) is 12.0. The Morgan fingerprint density at radius 2 is 2.08 bits per heavy atom. The van der Waals surface area contributed by atoms with Gasteiger partial charge in [-0.15, -0.1) is 0 Å². The minimum absolute atomic E-state index is 0.0773. The molecule has 0 spiro atoms. The van der Waals surface area contributed by atoms with E-state index in [0.29, 0.717) is 5.82 Å². The van der Waals surface area contributed by atoms with Gasteiger partial charge in [0.1, 0.15) is 18.2 Å². The smallest absolute Gasteiger partial charge is 0.326 e. The lowest BCUT2D eigenvalue weighted by Crippen LogP contribution is -2.37. The summed E-state index contributed by atoms with van der Waals surface area (Å²) in [6, 6.07) is 2.47. The minimum atomic E-state index is -0.764. The molecule has 2 aromatic heterocycles. The SMILES string of the molecule is CN1C(=O)[C@@H](CC(=O)NCc2cccnc2-n2ccnc2)N(C)C1=O. The molecule has 0 aromatic carbocycles. The van der Waals surface area contributed by atoms with Crippen molar-refractivity contribution in [3.8, 4) is 5.82 Å². The van der Waals surface area contributed by atoms with Crippen molar-refractivity contribution in [2.75, 3.05) is 14.1 Å². The van der Waals surface area contributed by atoms with E-state index in [0.717, 1.165) is 10.5 Å². The van der Waals surface area contributed by atoms with Gasteiger partial charge in [-0.2, -0.15) is 0 Å². The number of nitrogens with one attached hydrogen (secondary N) is 1. The molecule has 0 unspecified atom stereocenters. The number of urea groups is 1. The van der Waals surface area contributed by atoms with E-state index in [9.17, 15) is 14.4 Å². The van der Waals surface area contributed by atoms with Crippen molar-refractivity contribution >= 4 is 17.8 Å². The van der Waals surface area contributed by atoms with Crippen LogP contribution in [0.5, 0.6) is 0 Å². The highest BCUT2D eigenvalue weighted by Gasteiger charge is 2.41. The third kappa shape index (κ3) is 3.21. The lowest BCUT2D eigenvalue weighted by Gasteiger charge is -2.16. The standard InChI is InChI=1S/C16H18N6O3/c1-20-12(15(24)21(2)16(20)25)8-13(23)19-9-11-4-3-5-18-14(11)22-7-6-17-10-22/h3-7,10,12H,8-9H2,1-2H3,(H,19,23)/t12-/m1/s1. The zero-order valence-corrected chi connectivity index (χ0v) is 13.9. The van der Waals surface area contributed by atoms with E-state index in [1.807, 2.05) is 6.07 Å². The van der Waals surface area contributed by atoms with E-state index in [2.05, 4.69) is 15.3 Å². The Hall–Kier alpha value is -3.23. The van der Waals surface area contributed by atoms with Crippen LogP contribution in [0.4, 0.5) is 4.79 Å². The Bertz CT molecular complexity index is 804. The normalized spacial score (nSPS) is 17.3. The zero-order valence-electron chi connectivity index (χ0n) is 13.9. The first-order valence-corrected chi connectivity index (χ1v) is 7.72. The number of hydrogen-bond acceptors (Lipinski definition) is 5. The molecule has 1 aliphatic heterocycles. The number of amides is 4. The molecule has 4 amide bonds. The number of nitrogens with zero attached hydrogens (tertiary/aromatic N) is 5. The second-order valence-electron chi connectivity index (χ2n) is 5.74. The average Bonchev–Trinajstić information content (AvgIpc) is 3.21. The number of imidazole rings is 1. The van der Waals surface area contributed by atoms with Crippen molar-refractivity contribution < 1.29 is 14.4 Å². The largest absolute Gasteiger partial charge is 0.352 e. The molecule has 1 aliphatic rings. The molecule has 2 aromatic rings. The van der Waals surface area contributed by atoms with Gasteiger partial charge in [-0.3, -0.25) is 19.1 Å². The Morgan fingerprint density at radius 3 is 2.72 bits per heavy atom. The molecule has 9 heteroatoms. The summed E-state index contributed by atoms with van der Waals surface area (Å²) in [5.41, 5.74) is 0.813. The topological polar surface area (TPSA) is 100 Å². The monoisotopic (exact) mass is 342 g/mol. The second-order valence-corrected chi connectivity index (χ2v) is 5.74. The molecule has 0 bridgehead atoms. The first kappa shape index (κ1) is 16.6. The number of carbonyl (C=O) groups is 3. The summed E-state index contributed by atoms with van der Waals surface area (Å²) >= 11 is 0. The highest BCUT2D eigenvalue weighted by Crippen LogP contribution is 2.17. The summed E-state index contributed by atoms with van der Waals surface area (Å²) in [6.45, 7) is 0.259. The maximum atomic E-state index is 12.2. The molecule has 0 radical (unpaired) electrons. The van der Waals surface area contributed by atoms with Crippen LogP contribution in [0.1, 0.15) is 12.0 Å². The Balaban J connectivity index is 1.64. The fourth-order valence-electron chi connectivity index (χ4n) is 2.70. The van der Waals surface area contributed by atoms with Gasteiger partial charge in [0, 0.05) is 44.8 Å². The van der Waals surface area contributed by atoms with Crippen LogP contribution < -0.4 is 5.32 Å². The van der Waals surface area contributed by atoms with Crippen molar-refractivity contribution in [2.24, 2.45) is 0 Å². The average molecular weight is 342 g/mol. The fraction of sp³-hybridized carbons (Fsp3) is 0.312. The molecule has 9 nitrogen and oxygen atoms in total. The number of likely N-dealkylation sites (N-methyl/N-ethyl adjacent to an activating group) is 2. The van der Waals surface area contributed by atoms with Gasteiger partial charge in [-0.1, -0.05) is 6.07 Å². The predicted molar refractivity (Wildman–Crippen MR) is 87.5 cm³/mol. The number of hydrogen-bond donors (Lipinski definition) is 1. The van der Waals surface area contributed by atoms with Crippen molar-refractivity contribution in [1.82, 2.24) is 29.7 Å². The molecule has 25 heavy (non-hydrogen) atoms. The van der Waals surface area contributed by atoms with Crippen molar-refractivity contribution in [3.05, 3.63) is 42.6 Å². The first-order valence-electron chi connectivity index (χ1n) is 7.72. The Kier molecular flexibility index (Phi) is 4.46. The molecule has 1 N–H and O–H groups in total. The summed E-state index contributed by atoms with van der Waals surface area (Å²) in [4.78, 5) is 46.6. The Morgan fingerprint density at radius 1 is 1.28 bits per heavy atom. The third-order valence-corrected chi connectivity index (χ3v) is 4.14. The van der Waals surface area contributed by atoms with Gasteiger partial charge in [0.25, 0.3) is 5.91 Å². The highest BCUT2D eigenvalue weighted by atomic mass is 16.2. The Labute approximate surface area is 144 Å². The lowest BCUT2D eigenvalue weighted by atomic mass is 10.1. The number of pyridine rings is 1. The van der Waals surface area contributed by atoms with Gasteiger partial charge in [-0.05, 0) is 6.07 Å². The summed E-state index contributed by atoms with van der Waals surface area (Å²) in [5.74, 6) is -0.0128. The summed E-state index contributed by atoms with van der Waals surface area (Å²) < 4.78 is 1.75. The van der Waals surface area contributed by atoms with Crippen LogP contribution in [-0.4, -0.2) is 62.3 Å². The molecule has 1 fully saturated rings. The number of rotatable bonds is 5. The van der Waals surface area contributed by atoms with Crippen LogP contribution >= 0.6 is 0 Å². The van der Waals surface area contributed by atoms with Gasteiger partial charge in [-0.25, -0.2) is 14.8 Å². The van der Waals surface area contributed by atoms with E-state index in [1.54, 1.807) is 35.6 Å². The van der Waals surface area contributed by atoms with E-state index in [4.69, 9.17) is 0 Å². The quantitative estimate of drug-likeness (QED) is 0.781. The molecular weight excluding hydrogens is 324 g/mol. The number of carbonyl (C=O) groups excluding carboxylic acids is 3.